The second-order valence-electron chi connectivity index (χ2n) is 5.34. The topological polar surface area (TPSA) is 49.6 Å². The number of nitroso groups, excluding NO2 is 1. The Bertz CT molecular complexity index is 393. The van der Waals surface area contributed by atoms with E-state index in [1.54, 1.807) is 6.08 Å². The van der Waals surface area contributed by atoms with Crippen LogP contribution in [-0.2, 0) is 9.53 Å². The van der Waals surface area contributed by atoms with Crippen LogP contribution in [0.3, 0.4) is 0 Å². The van der Waals surface area contributed by atoms with Gasteiger partial charge in [0.15, 0.2) is 13.1 Å². The molecule has 0 aliphatic carbocycles. The van der Waals surface area contributed by atoms with E-state index in [0.29, 0.717) is 25.1 Å². The lowest BCUT2D eigenvalue weighted by Gasteiger charge is -2.29. The zero-order chi connectivity index (χ0) is 11.9. The highest BCUT2D eigenvalue weighted by atomic mass is 16.5. The lowest BCUT2D eigenvalue weighted by atomic mass is 9.78. The van der Waals surface area contributed by atoms with Gasteiger partial charge in [0.25, 0.3) is 0 Å². The molecule has 3 aliphatic rings. The molecule has 0 saturated carbocycles. The first-order valence-electron chi connectivity index (χ1n) is 6.21. The van der Waals surface area contributed by atoms with Gasteiger partial charge in [0.05, 0.1) is 5.70 Å². The number of hydrogen-bond donors (Lipinski definition) is 0. The fourth-order valence-electron chi connectivity index (χ4n) is 3.10. The summed E-state index contributed by atoms with van der Waals surface area (Å²) in [6.07, 6.45) is 4.69. The second-order valence-corrected chi connectivity index (χ2v) is 5.34. The predicted molar refractivity (Wildman–Crippen MR) is 60.3 cm³/mol. The summed E-state index contributed by atoms with van der Waals surface area (Å²) in [6, 6.07) is 0. The van der Waals surface area contributed by atoms with E-state index >= 15 is 0 Å². The van der Waals surface area contributed by atoms with Gasteiger partial charge >= 0.3 is 5.97 Å². The molecule has 1 spiro atoms. The first-order valence-corrected chi connectivity index (χ1v) is 6.21. The number of nitrogens with zero attached hydrogens (tertiary/aromatic N) is 2. The summed E-state index contributed by atoms with van der Waals surface area (Å²) in [5.74, 6) is -0.227. The van der Waals surface area contributed by atoms with Crippen LogP contribution in [0.1, 0.15) is 19.3 Å². The molecule has 0 amide bonds. The molecule has 3 rings (SSSR count). The third-order valence-corrected chi connectivity index (χ3v) is 4.27. The normalized spacial score (nSPS) is 27.5. The van der Waals surface area contributed by atoms with E-state index < -0.39 is 0 Å². The number of ether oxygens (including phenoxy) is 1. The van der Waals surface area contributed by atoms with Crippen molar-refractivity contribution in [2.24, 2.45) is 5.41 Å². The Morgan fingerprint density at radius 1 is 1.29 bits per heavy atom. The van der Waals surface area contributed by atoms with Gasteiger partial charge in [-0.05, 0) is 11.2 Å². The molecule has 0 N–H and O–H groups in total. The van der Waals surface area contributed by atoms with Gasteiger partial charge in [0, 0.05) is 42.3 Å². The summed E-state index contributed by atoms with van der Waals surface area (Å²) >= 11 is 0. The van der Waals surface area contributed by atoms with Gasteiger partial charge in [0.1, 0.15) is 6.61 Å². The van der Waals surface area contributed by atoms with Gasteiger partial charge in [-0.3, -0.25) is 0 Å². The largest absolute Gasteiger partial charge is 0.456 e. The van der Waals surface area contributed by atoms with Crippen molar-refractivity contribution in [3.05, 3.63) is 16.7 Å². The second kappa shape index (κ2) is 3.82. The van der Waals surface area contributed by atoms with Gasteiger partial charge < -0.3 is 9.64 Å². The third-order valence-electron chi connectivity index (χ3n) is 4.27. The van der Waals surface area contributed by atoms with Crippen molar-refractivity contribution in [3.63, 3.8) is 0 Å². The van der Waals surface area contributed by atoms with Crippen molar-refractivity contribution >= 4 is 5.97 Å². The highest BCUT2D eigenvalue weighted by molar-refractivity contribution is 5.85. The zero-order valence-electron chi connectivity index (χ0n) is 9.85. The first kappa shape index (κ1) is 10.7. The molecule has 5 heteroatoms. The fraction of sp³-hybridized carbons (Fsp3) is 0.750. The van der Waals surface area contributed by atoms with Gasteiger partial charge in [-0.1, -0.05) is 0 Å². The zero-order valence-corrected chi connectivity index (χ0v) is 9.85. The summed E-state index contributed by atoms with van der Waals surface area (Å²) in [7, 11) is 0. The van der Waals surface area contributed by atoms with Crippen LogP contribution in [0.4, 0.5) is 0 Å². The van der Waals surface area contributed by atoms with E-state index in [-0.39, 0.29) is 5.97 Å². The van der Waals surface area contributed by atoms with Crippen molar-refractivity contribution in [1.82, 2.24) is 4.90 Å². The average molecular weight is 237 g/mol. The molecule has 0 aromatic carbocycles. The Hall–Kier alpha value is -1.39. The van der Waals surface area contributed by atoms with Gasteiger partial charge in [0.2, 0.25) is 0 Å². The maximum Gasteiger partial charge on any atom is 0.333 e. The molecule has 3 aliphatic heterocycles. The predicted octanol–water partition coefficient (Wildman–Crippen LogP) is 0.692. The summed E-state index contributed by atoms with van der Waals surface area (Å²) in [5.41, 5.74) is 1.31. The van der Waals surface area contributed by atoms with Crippen LogP contribution in [0.2, 0.25) is 0 Å². The van der Waals surface area contributed by atoms with Crippen molar-refractivity contribution in [2.75, 3.05) is 32.8 Å². The summed E-state index contributed by atoms with van der Waals surface area (Å²) in [6.45, 7) is 3.69. The van der Waals surface area contributed by atoms with E-state index in [4.69, 9.17) is 4.74 Å². The Balaban J connectivity index is 1.67. The third kappa shape index (κ3) is 1.94. The molecular weight excluding hydrogens is 220 g/mol. The number of hydrogen-bond acceptors (Lipinski definition) is 4. The quantitative estimate of drug-likeness (QED) is 0.497. The van der Waals surface area contributed by atoms with Crippen LogP contribution in [-0.4, -0.2) is 48.4 Å². The summed E-state index contributed by atoms with van der Waals surface area (Å²) in [4.78, 5) is 24.5. The van der Waals surface area contributed by atoms with Gasteiger partial charge in [-0.15, -0.1) is 0 Å². The molecule has 2 fully saturated rings. The fourth-order valence-corrected chi connectivity index (χ4v) is 3.10. The van der Waals surface area contributed by atoms with Gasteiger partial charge in [-0.25, -0.2) is 4.79 Å². The Morgan fingerprint density at radius 3 is 2.71 bits per heavy atom. The molecule has 0 atom stereocenters. The number of carbonyl (C=O) groups is 1. The van der Waals surface area contributed by atoms with E-state index in [9.17, 15) is 9.70 Å². The smallest absolute Gasteiger partial charge is 0.333 e. The maximum absolute atomic E-state index is 11.2. The number of esters is 1. The summed E-state index contributed by atoms with van der Waals surface area (Å²) in [5, 5.41) is 0. The van der Waals surface area contributed by atoms with E-state index in [0.717, 1.165) is 42.8 Å². The minimum absolute atomic E-state index is 0.227. The van der Waals surface area contributed by atoms with Crippen LogP contribution in [0.25, 0.3) is 0 Å². The molecule has 92 valence electrons. The minimum atomic E-state index is -0.227. The molecular formula is C12H17N2O3+. The molecule has 0 bridgehead atoms. The standard InChI is InChI=1S/C12H17N2O3/c15-11-7-10(8-17-11)13-4-1-12(9-13)2-5-14(16)6-3-12/h7H,1-6,8-9H2/q+1. The molecule has 2 saturated heterocycles. The summed E-state index contributed by atoms with van der Waals surface area (Å²) < 4.78 is 6.10. The molecule has 0 aromatic rings. The van der Waals surface area contributed by atoms with Crippen LogP contribution in [0.5, 0.6) is 0 Å². The highest BCUT2D eigenvalue weighted by Gasteiger charge is 2.44. The van der Waals surface area contributed by atoms with Crippen molar-refractivity contribution in [1.29, 1.82) is 0 Å². The Labute approximate surface area is 100.0 Å². The molecule has 0 unspecified atom stereocenters. The van der Waals surface area contributed by atoms with E-state index in [2.05, 4.69) is 4.90 Å². The monoisotopic (exact) mass is 237 g/mol. The Kier molecular flexibility index (Phi) is 2.42. The molecule has 3 heterocycles. The average Bonchev–Trinajstić information content (AvgIpc) is 2.91. The van der Waals surface area contributed by atoms with Crippen LogP contribution >= 0.6 is 0 Å². The number of likely N-dealkylation sites (tertiary alicyclic amines) is 1. The highest BCUT2D eigenvalue weighted by Crippen LogP contribution is 2.41. The maximum atomic E-state index is 11.2. The van der Waals surface area contributed by atoms with Crippen LogP contribution < -0.4 is 0 Å². The van der Waals surface area contributed by atoms with Gasteiger partial charge in [-0.2, -0.15) is 0 Å². The molecule has 5 nitrogen and oxygen atoms in total. The first-order chi connectivity index (χ1) is 8.17. The van der Waals surface area contributed by atoms with Crippen molar-refractivity contribution < 1.29 is 14.3 Å². The lowest BCUT2D eigenvalue weighted by molar-refractivity contribution is -0.564. The minimum Gasteiger partial charge on any atom is -0.456 e. The number of piperidine rings is 1. The van der Waals surface area contributed by atoms with E-state index in [1.165, 1.54) is 0 Å². The number of carbonyl (C=O) groups excluding carboxylic acids is 1. The number of rotatable bonds is 1. The number of cyclic esters (lactones) is 1. The molecule has 0 radical (unpaired) electrons. The van der Waals surface area contributed by atoms with Crippen LogP contribution in [0, 0.1) is 10.3 Å². The lowest BCUT2D eigenvalue weighted by Crippen LogP contribution is -2.36. The van der Waals surface area contributed by atoms with Crippen LogP contribution in [0.15, 0.2) is 11.8 Å². The van der Waals surface area contributed by atoms with E-state index in [1.807, 2.05) is 0 Å². The van der Waals surface area contributed by atoms with Crippen molar-refractivity contribution in [2.45, 2.75) is 19.3 Å². The van der Waals surface area contributed by atoms with Crippen molar-refractivity contribution in [3.8, 4) is 0 Å². The Morgan fingerprint density at radius 2 is 2.06 bits per heavy atom. The molecule has 17 heavy (non-hydrogen) atoms. The SMILES string of the molecule is O=C1C=C(N2CCC3(CC[N+](=O)CC3)C2)CO1. The molecule has 0 aromatic heterocycles.